The Hall–Kier alpha value is -2.76. The molecule has 6 heteroatoms. The third-order valence-corrected chi connectivity index (χ3v) is 4.25. The maximum Gasteiger partial charge on any atom is 0.322 e. The molecule has 0 bridgehead atoms. The minimum atomic E-state index is -1.07. The fourth-order valence-electron chi connectivity index (χ4n) is 2.88. The Morgan fingerprint density at radius 3 is 2.28 bits per heavy atom. The largest absolute Gasteiger partial charge is 0.480 e. The summed E-state index contributed by atoms with van der Waals surface area (Å²) in [4.78, 5) is 46.7. The highest BCUT2D eigenvalue weighted by molar-refractivity contribution is 6.26. The Morgan fingerprint density at radius 2 is 1.64 bits per heavy atom. The van der Waals surface area contributed by atoms with Crippen molar-refractivity contribution in [2.24, 2.45) is 0 Å². The molecule has 0 unspecified atom stereocenters. The number of benzene rings is 1. The number of allylic oxidation sites excluding steroid dienone is 2. The molecule has 0 atom stereocenters. The number of fused-ring (bicyclic) bond motifs is 1. The molecule has 25 heavy (non-hydrogen) atoms. The molecule has 1 amide bonds. The lowest BCUT2D eigenvalue weighted by atomic mass is 9.83. The lowest BCUT2D eigenvalue weighted by Crippen LogP contribution is -2.28. The van der Waals surface area contributed by atoms with Crippen LogP contribution in [0.2, 0.25) is 0 Å². The number of hydrogen-bond acceptors (Lipinski definition) is 4. The lowest BCUT2D eigenvalue weighted by molar-refractivity contribution is -0.137. The molecular formula is C19H21NO5. The summed E-state index contributed by atoms with van der Waals surface area (Å²) in [5.41, 5.74) is 1.98. The van der Waals surface area contributed by atoms with E-state index in [-0.39, 0.29) is 30.4 Å². The van der Waals surface area contributed by atoms with Crippen LogP contribution < -0.4 is 5.32 Å². The Labute approximate surface area is 145 Å². The molecule has 1 aliphatic carbocycles. The second-order valence-electron chi connectivity index (χ2n) is 6.04. The Bertz CT molecular complexity index is 748. The first-order chi connectivity index (χ1) is 11.9. The van der Waals surface area contributed by atoms with Crippen LogP contribution in [-0.2, 0) is 9.59 Å². The molecule has 0 aliphatic heterocycles. The van der Waals surface area contributed by atoms with Gasteiger partial charge < -0.3 is 10.4 Å². The maximum absolute atomic E-state index is 12.6. The number of unbranched alkanes of at least 4 members (excludes halogenated alkanes) is 2. The molecule has 0 spiro atoms. The SMILES string of the molecule is CC1=C(CCCCCC(=O)NCC(=O)O)C(=O)c2ccccc2C1=O. The summed E-state index contributed by atoms with van der Waals surface area (Å²) < 4.78 is 0. The van der Waals surface area contributed by atoms with Crippen molar-refractivity contribution in [3.63, 3.8) is 0 Å². The van der Waals surface area contributed by atoms with Crippen molar-refractivity contribution in [1.82, 2.24) is 5.32 Å². The van der Waals surface area contributed by atoms with Gasteiger partial charge in [0.1, 0.15) is 6.54 Å². The predicted molar refractivity (Wildman–Crippen MR) is 91.5 cm³/mol. The summed E-state index contributed by atoms with van der Waals surface area (Å²) >= 11 is 0. The number of ketones is 2. The van der Waals surface area contributed by atoms with Crippen LogP contribution in [-0.4, -0.2) is 35.1 Å². The number of carbonyl (C=O) groups is 4. The van der Waals surface area contributed by atoms with Gasteiger partial charge in [0.05, 0.1) is 0 Å². The highest BCUT2D eigenvalue weighted by Crippen LogP contribution is 2.29. The molecular weight excluding hydrogens is 322 g/mol. The van der Waals surface area contributed by atoms with Crippen molar-refractivity contribution in [1.29, 1.82) is 0 Å². The minimum Gasteiger partial charge on any atom is -0.480 e. The van der Waals surface area contributed by atoms with Crippen molar-refractivity contribution in [3.8, 4) is 0 Å². The molecule has 6 nitrogen and oxygen atoms in total. The Kier molecular flexibility index (Phi) is 6.22. The van der Waals surface area contributed by atoms with Gasteiger partial charge in [-0.15, -0.1) is 0 Å². The summed E-state index contributed by atoms with van der Waals surface area (Å²) in [7, 11) is 0. The molecule has 0 aromatic heterocycles. The predicted octanol–water partition coefficient (Wildman–Crippen LogP) is 2.53. The standard InChI is InChI=1S/C19H21NO5/c1-12-13(7-3-2-4-10-16(21)20-11-17(22)23)19(25)15-9-6-5-8-14(15)18(12)24/h5-6,8-9H,2-4,7,10-11H2,1H3,(H,20,21)(H,22,23). The zero-order chi connectivity index (χ0) is 18.4. The fourth-order valence-corrected chi connectivity index (χ4v) is 2.88. The van der Waals surface area contributed by atoms with E-state index in [1.165, 1.54) is 0 Å². The molecule has 1 aromatic carbocycles. The summed E-state index contributed by atoms with van der Waals surface area (Å²) in [6.07, 6.45) is 2.78. The van der Waals surface area contributed by atoms with Crippen LogP contribution in [0.25, 0.3) is 0 Å². The van der Waals surface area contributed by atoms with Gasteiger partial charge in [-0.25, -0.2) is 0 Å². The quantitative estimate of drug-likeness (QED) is 0.707. The van der Waals surface area contributed by atoms with Crippen LogP contribution in [0.1, 0.15) is 59.7 Å². The molecule has 1 aromatic rings. The topological polar surface area (TPSA) is 101 Å². The van der Waals surface area contributed by atoms with Crippen molar-refractivity contribution in [3.05, 3.63) is 46.5 Å². The van der Waals surface area contributed by atoms with Crippen molar-refractivity contribution < 1.29 is 24.3 Å². The van der Waals surface area contributed by atoms with E-state index >= 15 is 0 Å². The van der Waals surface area contributed by atoms with Gasteiger partial charge in [-0.05, 0) is 26.2 Å². The number of carbonyl (C=O) groups excluding carboxylic acids is 3. The van der Waals surface area contributed by atoms with E-state index in [0.29, 0.717) is 41.5 Å². The monoisotopic (exact) mass is 343 g/mol. The number of amides is 1. The lowest BCUT2D eigenvalue weighted by Gasteiger charge is -2.18. The molecule has 0 saturated carbocycles. The van der Waals surface area contributed by atoms with Crippen LogP contribution in [0.15, 0.2) is 35.4 Å². The summed E-state index contributed by atoms with van der Waals surface area (Å²) in [5, 5.41) is 10.8. The van der Waals surface area contributed by atoms with Crippen LogP contribution >= 0.6 is 0 Å². The highest BCUT2D eigenvalue weighted by Gasteiger charge is 2.28. The third kappa shape index (κ3) is 4.62. The Balaban J connectivity index is 1.84. The van der Waals surface area contributed by atoms with Gasteiger partial charge in [-0.3, -0.25) is 19.2 Å². The van der Waals surface area contributed by atoms with Gasteiger partial charge in [0.15, 0.2) is 11.6 Å². The number of carboxylic acid groups (broad SMARTS) is 1. The molecule has 1 aliphatic rings. The number of Topliss-reactive ketones (excluding diaryl/α,β-unsaturated/α-hetero) is 2. The van der Waals surface area contributed by atoms with E-state index in [9.17, 15) is 19.2 Å². The van der Waals surface area contributed by atoms with Gasteiger partial charge in [0.2, 0.25) is 5.91 Å². The molecule has 0 fully saturated rings. The maximum atomic E-state index is 12.6. The van der Waals surface area contributed by atoms with Crippen LogP contribution in [0.4, 0.5) is 0 Å². The minimum absolute atomic E-state index is 0.0908. The van der Waals surface area contributed by atoms with Gasteiger partial charge in [0, 0.05) is 28.7 Å². The number of rotatable bonds is 8. The Morgan fingerprint density at radius 1 is 1.00 bits per heavy atom. The smallest absolute Gasteiger partial charge is 0.322 e. The van der Waals surface area contributed by atoms with E-state index in [0.717, 1.165) is 6.42 Å². The van der Waals surface area contributed by atoms with Crippen LogP contribution in [0.3, 0.4) is 0 Å². The van der Waals surface area contributed by atoms with E-state index < -0.39 is 5.97 Å². The van der Waals surface area contributed by atoms with E-state index in [1.54, 1.807) is 31.2 Å². The van der Waals surface area contributed by atoms with Crippen molar-refractivity contribution >= 4 is 23.4 Å². The zero-order valence-electron chi connectivity index (χ0n) is 14.1. The number of nitrogens with one attached hydrogen (secondary N) is 1. The van der Waals surface area contributed by atoms with E-state index in [2.05, 4.69) is 5.32 Å². The number of carboxylic acids is 1. The van der Waals surface area contributed by atoms with Gasteiger partial charge in [0.25, 0.3) is 0 Å². The van der Waals surface area contributed by atoms with Crippen LogP contribution in [0, 0.1) is 0 Å². The van der Waals surface area contributed by atoms with E-state index in [1.807, 2.05) is 0 Å². The average Bonchev–Trinajstić information content (AvgIpc) is 2.60. The summed E-state index contributed by atoms with van der Waals surface area (Å²) in [5.74, 6) is -1.56. The first-order valence-corrected chi connectivity index (χ1v) is 8.28. The molecule has 0 saturated heterocycles. The molecule has 0 heterocycles. The van der Waals surface area contributed by atoms with Gasteiger partial charge >= 0.3 is 5.97 Å². The normalized spacial score (nSPS) is 13.6. The summed E-state index contributed by atoms with van der Waals surface area (Å²) in [6, 6.07) is 6.84. The molecule has 0 radical (unpaired) electrons. The molecule has 132 valence electrons. The summed E-state index contributed by atoms with van der Waals surface area (Å²) in [6.45, 7) is 1.31. The average molecular weight is 343 g/mol. The second kappa shape index (κ2) is 8.37. The third-order valence-electron chi connectivity index (χ3n) is 4.25. The second-order valence-corrected chi connectivity index (χ2v) is 6.04. The zero-order valence-corrected chi connectivity index (χ0v) is 14.1. The first kappa shape index (κ1) is 18.6. The van der Waals surface area contributed by atoms with Crippen molar-refractivity contribution in [2.45, 2.75) is 39.0 Å². The fraction of sp³-hybridized carbons (Fsp3) is 0.368. The van der Waals surface area contributed by atoms with Crippen molar-refractivity contribution in [2.75, 3.05) is 6.54 Å². The molecule has 2 rings (SSSR count). The van der Waals surface area contributed by atoms with Crippen LogP contribution in [0.5, 0.6) is 0 Å². The number of hydrogen-bond donors (Lipinski definition) is 2. The highest BCUT2D eigenvalue weighted by atomic mass is 16.4. The number of aliphatic carboxylic acids is 1. The van der Waals surface area contributed by atoms with Gasteiger partial charge in [-0.1, -0.05) is 30.7 Å². The molecule has 2 N–H and O–H groups in total. The van der Waals surface area contributed by atoms with Gasteiger partial charge in [-0.2, -0.15) is 0 Å². The van der Waals surface area contributed by atoms with E-state index in [4.69, 9.17) is 5.11 Å². The first-order valence-electron chi connectivity index (χ1n) is 8.28.